The van der Waals surface area contributed by atoms with Crippen molar-refractivity contribution in [3.63, 3.8) is 0 Å². The van der Waals surface area contributed by atoms with Crippen molar-refractivity contribution in [3.8, 4) is 16.9 Å². The van der Waals surface area contributed by atoms with Gasteiger partial charge in [0.1, 0.15) is 11.6 Å². The third-order valence-corrected chi connectivity index (χ3v) is 5.65. The van der Waals surface area contributed by atoms with Crippen LogP contribution in [0.25, 0.3) is 22.0 Å². The van der Waals surface area contributed by atoms with Gasteiger partial charge in [0.2, 0.25) is 11.9 Å². The van der Waals surface area contributed by atoms with Gasteiger partial charge < -0.3 is 9.64 Å². The van der Waals surface area contributed by atoms with Crippen molar-refractivity contribution in [1.29, 1.82) is 0 Å². The molecule has 9 heteroatoms. The number of fused-ring (bicyclic) bond motifs is 1. The summed E-state index contributed by atoms with van der Waals surface area (Å²) in [5.74, 6) is -0.236. The molecule has 33 heavy (non-hydrogen) atoms. The van der Waals surface area contributed by atoms with Crippen LogP contribution in [0.5, 0.6) is 5.75 Å². The molecule has 0 radical (unpaired) electrons. The van der Waals surface area contributed by atoms with Crippen molar-refractivity contribution in [1.82, 2.24) is 15.1 Å². The van der Waals surface area contributed by atoms with Crippen molar-refractivity contribution in [3.05, 3.63) is 76.5 Å². The smallest absolute Gasteiger partial charge is 0.254 e. The predicted octanol–water partition coefficient (Wildman–Crippen LogP) is 4.53. The minimum absolute atomic E-state index is 0.238. The van der Waals surface area contributed by atoms with Crippen LogP contribution in [0.4, 0.5) is 4.39 Å². The molecule has 0 spiro atoms. The first-order valence-electron chi connectivity index (χ1n) is 10.3. The van der Waals surface area contributed by atoms with Crippen molar-refractivity contribution < 1.29 is 23.9 Å². The number of hydrogen-bond acceptors (Lipinski definition) is 4. The number of halogens is 2. The van der Waals surface area contributed by atoms with E-state index in [0.29, 0.717) is 40.3 Å². The van der Waals surface area contributed by atoms with E-state index in [-0.39, 0.29) is 17.5 Å². The maximum Gasteiger partial charge on any atom is 0.254 e. The molecule has 2 N–H and O–H groups in total. The van der Waals surface area contributed by atoms with Gasteiger partial charge in [-0.2, -0.15) is 5.10 Å². The van der Waals surface area contributed by atoms with E-state index in [1.807, 2.05) is 6.92 Å². The molecule has 0 bridgehead atoms. The van der Waals surface area contributed by atoms with Crippen LogP contribution in [-0.2, 0) is 6.54 Å². The molecule has 0 unspecified atom stereocenters. The molecule has 0 saturated heterocycles. The summed E-state index contributed by atoms with van der Waals surface area (Å²) in [5.41, 5.74) is 3.72. The summed E-state index contributed by atoms with van der Waals surface area (Å²) in [6, 6.07) is 9.28. The highest BCUT2D eigenvalue weighted by molar-refractivity contribution is 6.30. The number of carbonyl (C=O) groups is 1. The quantitative estimate of drug-likeness (QED) is 0.321. The number of nitrogens with one attached hydrogen (secondary N) is 1. The van der Waals surface area contributed by atoms with Gasteiger partial charge in [0.25, 0.3) is 5.91 Å². The number of carbonyl (C=O) groups excluding carboxylic acids is 1. The standard InChI is InChI=1S/C24H22ClFN4O3/c1-4-33-22-9-15(5-6-20(22)16-7-18(25)10-19(26)8-16)24(31)29(3)12-17-13-30(32)14(2)21-11-27-28-23(17)21/h5-11,13,32H,4,12H2,1-3H3/p+1. The molecule has 2 aromatic carbocycles. The van der Waals surface area contributed by atoms with Gasteiger partial charge in [0.05, 0.1) is 35.8 Å². The Morgan fingerprint density at radius 3 is 2.82 bits per heavy atom. The maximum atomic E-state index is 13.9. The summed E-state index contributed by atoms with van der Waals surface area (Å²) in [7, 11) is 1.67. The molecule has 2 aromatic heterocycles. The highest BCUT2D eigenvalue weighted by Gasteiger charge is 2.21. The lowest BCUT2D eigenvalue weighted by Gasteiger charge is -2.18. The Bertz CT molecular complexity index is 1340. The van der Waals surface area contributed by atoms with Gasteiger partial charge in [-0.3, -0.25) is 15.1 Å². The van der Waals surface area contributed by atoms with Gasteiger partial charge in [-0.05, 0) is 48.9 Å². The van der Waals surface area contributed by atoms with Crippen LogP contribution in [0.1, 0.15) is 28.5 Å². The molecule has 1 amide bonds. The third kappa shape index (κ3) is 4.47. The van der Waals surface area contributed by atoms with Gasteiger partial charge in [-0.1, -0.05) is 11.6 Å². The number of H-pyrrole nitrogens is 1. The third-order valence-electron chi connectivity index (χ3n) is 5.43. The van der Waals surface area contributed by atoms with E-state index in [2.05, 4.69) is 10.2 Å². The average Bonchev–Trinajstić information content (AvgIpc) is 3.27. The zero-order chi connectivity index (χ0) is 23.7. The zero-order valence-electron chi connectivity index (χ0n) is 18.4. The van der Waals surface area contributed by atoms with Gasteiger partial charge in [-0.15, -0.1) is 0 Å². The lowest BCUT2D eigenvalue weighted by atomic mass is 10.0. The number of aromatic amines is 1. The molecule has 7 nitrogen and oxygen atoms in total. The normalized spacial score (nSPS) is 11.1. The topological polar surface area (TPSA) is 82.3 Å². The zero-order valence-corrected chi connectivity index (χ0v) is 19.2. The van der Waals surface area contributed by atoms with E-state index in [1.165, 1.54) is 17.0 Å². The summed E-state index contributed by atoms with van der Waals surface area (Å²) in [6.07, 6.45) is 3.19. The van der Waals surface area contributed by atoms with E-state index < -0.39 is 5.82 Å². The number of nitrogens with zero attached hydrogens (tertiary/aromatic N) is 3. The second-order valence-corrected chi connectivity index (χ2v) is 8.14. The van der Waals surface area contributed by atoms with Gasteiger partial charge in [0, 0.05) is 34.9 Å². The van der Waals surface area contributed by atoms with Crippen LogP contribution in [0, 0.1) is 12.7 Å². The Balaban J connectivity index is 1.65. The first kappa shape index (κ1) is 22.5. The Hall–Kier alpha value is -3.65. The first-order valence-corrected chi connectivity index (χ1v) is 10.7. The van der Waals surface area contributed by atoms with Crippen molar-refractivity contribution in [2.75, 3.05) is 13.7 Å². The fourth-order valence-electron chi connectivity index (χ4n) is 3.78. The number of rotatable bonds is 6. The van der Waals surface area contributed by atoms with E-state index >= 15 is 0 Å². The summed E-state index contributed by atoms with van der Waals surface area (Å²) >= 11 is 6.02. The van der Waals surface area contributed by atoms with E-state index in [1.54, 1.807) is 50.6 Å². The summed E-state index contributed by atoms with van der Waals surface area (Å²) in [5, 5.41) is 18.2. The van der Waals surface area contributed by atoms with Crippen LogP contribution in [-0.4, -0.2) is 39.9 Å². The molecule has 4 rings (SSSR count). The Labute approximate surface area is 194 Å². The average molecular weight is 470 g/mol. The van der Waals surface area contributed by atoms with E-state index in [9.17, 15) is 14.4 Å². The number of amides is 1. The monoisotopic (exact) mass is 469 g/mol. The van der Waals surface area contributed by atoms with E-state index in [0.717, 1.165) is 15.6 Å². The lowest BCUT2D eigenvalue weighted by Crippen LogP contribution is -2.35. The van der Waals surface area contributed by atoms with Crippen LogP contribution < -0.4 is 9.47 Å². The fraction of sp³-hybridized carbons (Fsp3) is 0.208. The first-order chi connectivity index (χ1) is 15.8. The van der Waals surface area contributed by atoms with Crippen LogP contribution in [0.15, 0.2) is 48.8 Å². The highest BCUT2D eigenvalue weighted by atomic mass is 35.5. The molecule has 0 aliphatic rings. The molecule has 0 aliphatic heterocycles. The molecule has 4 aromatic rings. The Morgan fingerprint density at radius 2 is 2.09 bits per heavy atom. The lowest BCUT2D eigenvalue weighted by molar-refractivity contribution is -0.908. The number of aryl methyl sites for hydroxylation is 1. The Kier molecular flexibility index (Phi) is 6.20. The van der Waals surface area contributed by atoms with Crippen molar-refractivity contribution >= 4 is 28.4 Å². The molecule has 0 aliphatic carbocycles. The molecule has 2 heterocycles. The van der Waals surface area contributed by atoms with E-state index in [4.69, 9.17) is 16.3 Å². The van der Waals surface area contributed by atoms with Crippen LogP contribution in [0.3, 0.4) is 0 Å². The van der Waals surface area contributed by atoms with Crippen LogP contribution >= 0.6 is 11.6 Å². The Morgan fingerprint density at radius 1 is 1.30 bits per heavy atom. The molecule has 170 valence electrons. The highest BCUT2D eigenvalue weighted by Crippen LogP contribution is 2.33. The molecule has 0 atom stereocenters. The molecular formula is C24H23ClFN4O3+. The maximum absolute atomic E-state index is 13.9. The predicted molar refractivity (Wildman–Crippen MR) is 122 cm³/mol. The van der Waals surface area contributed by atoms with Crippen molar-refractivity contribution in [2.45, 2.75) is 20.4 Å². The number of aromatic nitrogens is 3. The fourth-order valence-corrected chi connectivity index (χ4v) is 4.01. The van der Waals surface area contributed by atoms with Gasteiger partial charge >= 0.3 is 0 Å². The number of benzene rings is 2. The number of hydrogen-bond donors (Lipinski definition) is 2. The molecular weight excluding hydrogens is 447 g/mol. The molecule has 0 fully saturated rings. The van der Waals surface area contributed by atoms with Gasteiger partial charge in [-0.25, -0.2) is 4.39 Å². The second-order valence-electron chi connectivity index (χ2n) is 7.71. The summed E-state index contributed by atoms with van der Waals surface area (Å²) < 4.78 is 20.7. The largest absolute Gasteiger partial charge is 0.493 e. The number of pyridine rings is 1. The summed E-state index contributed by atoms with van der Waals surface area (Å²) in [4.78, 5) is 14.7. The minimum atomic E-state index is -0.454. The second kappa shape index (κ2) is 9.07. The van der Waals surface area contributed by atoms with Crippen molar-refractivity contribution in [2.24, 2.45) is 0 Å². The SMILES string of the molecule is CCOc1cc(C(=O)N(C)Cc2c[n+](O)c(C)c3cn[nH]c23)ccc1-c1cc(F)cc(Cl)c1. The summed E-state index contributed by atoms with van der Waals surface area (Å²) in [6.45, 7) is 4.23. The minimum Gasteiger partial charge on any atom is -0.493 e. The van der Waals surface area contributed by atoms with Crippen LogP contribution in [0.2, 0.25) is 5.02 Å². The number of ether oxygens (including phenoxy) is 1. The van der Waals surface area contributed by atoms with Gasteiger partial charge in [0.15, 0.2) is 0 Å². The molecule has 0 saturated carbocycles.